The fourth-order valence-corrected chi connectivity index (χ4v) is 2.74. The molecule has 0 aliphatic heterocycles. The van der Waals surface area contributed by atoms with Crippen molar-refractivity contribution < 1.29 is 9.90 Å². The largest absolute Gasteiger partial charge is 0.480 e. The van der Waals surface area contributed by atoms with Crippen molar-refractivity contribution in [2.45, 2.75) is 66.6 Å². The molecule has 0 radical (unpaired) electrons. The van der Waals surface area contributed by atoms with Gasteiger partial charge in [0.05, 0.1) is 5.69 Å². The van der Waals surface area contributed by atoms with Crippen molar-refractivity contribution in [3.8, 4) is 0 Å². The first kappa shape index (κ1) is 16.7. The first-order chi connectivity index (χ1) is 9.27. The fourth-order valence-electron chi connectivity index (χ4n) is 2.74. The normalized spacial score (nSPS) is 14.6. The predicted octanol–water partition coefficient (Wildman–Crippen LogP) is 2.67. The van der Waals surface area contributed by atoms with E-state index in [2.05, 4.69) is 17.3 Å². The topological polar surface area (TPSA) is 67.2 Å². The van der Waals surface area contributed by atoms with Gasteiger partial charge in [0.15, 0.2) is 0 Å². The number of carboxylic acids is 1. The van der Waals surface area contributed by atoms with Gasteiger partial charge >= 0.3 is 5.97 Å². The Labute approximate surface area is 121 Å². The van der Waals surface area contributed by atoms with Crippen molar-refractivity contribution in [1.82, 2.24) is 15.1 Å². The molecule has 1 heterocycles. The minimum atomic E-state index is -0.788. The summed E-state index contributed by atoms with van der Waals surface area (Å²) in [5.74, 6) is -0.444. The third kappa shape index (κ3) is 3.82. The summed E-state index contributed by atoms with van der Waals surface area (Å²) in [6.45, 7) is 13.0. The molecular weight excluding hydrogens is 254 g/mol. The van der Waals surface area contributed by atoms with Crippen molar-refractivity contribution in [1.29, 1.82) is 0 Å². The molecule has 2 unspecified atom stereocenters. The third-order valence-electron chi connectivity index (χ3n) is 3.63. The van der Waals surface area contributed by atoms with Crippen LogP contribution < -0.4 is 5.32 Å². The molecule has 114 valence electrons. The fraction of sp³-hybridized carbons (Fsp3) is 0.733. The van der Waals surface area contributed by atoms with Gasteiger partial charge in [0.1, 0.15) is 6.04 Å². The summed E-state index contributed by atoms with van der Waals surface area (Å²) < 4.78 is 1.96. The van der Waals surface area contributed by atoms with Crippen LogP contribution in [0, 0.1) is 19.8 Å². The number of aryl methyl sites for hydroxylation is 2. The van der Waals surface area contributed by atoms with E-state index in [1.54, 1.807) is 0 Å². The summed E-state index contributed by atoms with van der Waals surface area (Å²) in [5.41, 5.74) is 3.19. The van der Waals surface area contributed by atoms with Crippen LogP contribution in [0.4, 0.5) is 0 Å². The molecule has 1 aromatic heterocycles. The Balaban J connectivity index is 2.91. The van der Waals surface area contributed by atoms with Gasteiger partial charge in [-0.3, -0.25) is 14.8 Å². The number of hydrogen-bond acceptors (Lipinski definition) is 3. The quantitative estimate of drug-likeness (QED) is 0.806. The summed E-state index contributed by atoms with van der Waals surface area (Å²) in [6.07, 6.45) is 0.625. The zero-order valence-corrected chi connectivity index (χ0v) is 13.4. The number of carboxylic acid groups (broad SMARTS) is 1. The van der Waals surface area contributed by atoms with Crippen molar-refractivity contribution in [3.05, 3.63) is 17.0 Å². The molecule has 5 nitrogen and oxygen atoms in total. The molecular formula is C15H27N3O2. The minimum absolute atomic E-state index is 0.0184. The molecule has 5 heteroatoms. The second-order valence-corrected chi connectivity index (χ2v) is 5.81. The van der Waals surface area contributed by atoms with Crippen LogP contribution in [-0.2, 0) is 11.3 Å². The lowest BCUT2D eigenvalue weighted by Crippen LogP contribution is -2.39. The van der Waals surface area contributed by atoms with E-state index in [1.807, 2.05) is 39.3 Å². The van der Waals surface area contributed by atoms with Crippen LogP contribution in [0.5, 0.6) is 0 Å². The van der Waals surface area contributed by atoms with Gasteiger partial charge in [-0.25, -0.2) is 0 Å². The van der Waals surface area contributed by atoms with Gasteiger partial charge in [0, 0.05) is 23.8 Å². The third-order valence-corrected chi connectivity index (χ3v) is 3.63. The lowest BCUT2D eigenvalue weighted by atomic mass is 10.0. The summed E-state index contributed by atoms with van der Waals surface area (Å²) in [4.78, 5) is 11.3. The molecule has 0 aliphatic rings. The molecule has 1 aromatic rings. The Morgan fingerprint density at radius 2 is 1.95 bits per heavy atom. The average molecular weight is 281 g/mol. The van der Waals surface area contributed by atoms with Crippen molar-refractivity contribution in [3.63, 3.8) is 0 Å². The zero-order valence-electron chi connectivity index (χ0n) is 13.4. The van der Waals surface area contributed by atoms with Gasteiger partial charge in [0.25, 0.3) is 0 Å². The van der Waals surface area contributed by atoms with Crippen molar-refractivity contribution in [2.75, 3.05) is 0 Å². The van der Waals surface area contributed by atoms with Crippen LogP contribution in [-0.4, -0.2) is 26.9 Å². The molecule has 2 atom stereocenters. The average Bonchev–Trinajstić information content (AvgIpc) is 2.62. The van der Waals surface area contributed by atoms with E-state index >= 15 is 0 Å². The Morgan fingerprint density at radius 1 is 1.35 bits per heavy atom. The number of rotatable bonds is 7. The van der Waals surface area contributed by atoms with Gasteiger partial charge in [-0.1, -0.05) is 13.8 Å². The first-order valence-corrected chi connectivity index (χ1v) is 7.30. The first-order valence-electron chi connectivity index (χ1n) is 7.30. The lowest BCUT2D eigenvalue weighted by molar-refractivity contribution is -0.140. The predicted molar refractivity (Wildman–Crippen MR) is 79.8 cm³/mol. The lowest BCUT2D eigenvalue weighted by Gasteiger charge is -2.22. The van der Waals surface area contributed by atoms with E-state index in [0.29, 0.717) is 12.3 Å². The number of carbonyl (C=O) groups is 1. The van der Waals surface area contributed by atoms with Crippen LogP contribution >= 0.6 is 0 Å². The van der Waals surface area contributed by atoms with E-state index in [9.17, 15) is 9.90 Å². The van der Waals surface area contributed by atoms with E-state index in [4.69, 9.17) is 0 Å². The van der Waals surface area contributed by atoms with Crippen molar-refractivity contribution >= 4 is 5.97 Å². The summed E-state index contributed by atoms with van der Waals surface area (Å²) in [6, 6.07) is -0.538. The molecule has 0 aromatic carbocycles. The Morgan fingerprint density at radius 3 is 2.35 bits per heavy atom. The van der Waals surface area contributed by atoms with Crippen LogP contribution in [0.15, 0.2) is 0 Å². The molecule has 0 saturated heterocycles. The summed E-state index contributed by atoms with van der Waals surface area (Å²) >= 11 is 0. The molecule has 0 saturated carbocycles. The summed E-state index contributed by atoms with van der Waals surface area (Å²) in [7, 11) is 0. The number of nitrogens with zero attached hydrogens (tertiary/aromatic N) is 2. The maximum atomic E-state index is 11.3. The van der Waals surface area contributed by atoms with E-state index < -0.39 is 12.0 Å². The highest BCUT2D eigenvalue weighted by atomic mass is 16.4. The highest BCUT2D eigenvalue weighted by Gasteiger charge is 2.24. The number of aromatic nitrogens is 2. The molecule has 2 N–H and O–H groups in total. The molecule has 0 aliphatic carbocycles. The highest BCUT2D eigenvalue weighted by molar-refractivity contribution is 5.73. The summed E-state index contributed by atoms with van der Waals surface area (Å²) in [5, 5.41) is 17.0. The number of hydrogen-bond donors (Lipinski definition) is 2. The van der Waals surface area contributed by atoms with Gasteiger partial charge in [0.2, 0.25) is 0 Å². The van der Waals surface area contributed by atoms with Crippen LogP contribution in [0.3, 0.4) is 0 Å². The standard InChI is InChI=1S/C15H27N3O2/c1-7-18-12(6)14(11(5)17-18)10(4)16-13(15(19)20)8-9(2)3/h9-10,13,16H,7-8H2,1-6H3,(H,19,20). The molecule has 1 rings (SSSR count). The zero-order chi connectivity index (χ0) is 15.4. The monoisotopic (exact) mass is 281 g/mol. The van der Waals surface area contributed by atoms with Crippen LogP contribution in [0.2, 0.25) is 0 Å². The molecule has 20 heavy (non-hydrogen) atoms. The van der Waals surface area contributed by atoms with Gasteiger partial charge < -0.3 is 5.11 Å². The molecule has 0 fully saturated rings. The maximum Gasteiger partial charge on any atom is 0.320 e. The SMILES string of the molecule is CCn1nc(C)c(C(C)NC(CC(C)C)C(=O)O)c1C. The smallest absolute Gasteiger partial charge is 0.320 e. The Kier molecular flexibility index (Phi) is 5.74. The van der Waals surface area contributed by atoms with Crippen molar-refractivity contribution in [2.24, 2.45) is 5.92 Å². The minimum Gasteiger partial charge on any atom is -0.480 e. The van der Waals surface area contributed by atoms with Crippen LogP contribution in [0.25, 0.3) is 0 Å². The van der Waals surface area contributed by atoms with Gasteiger partial charge in [-0.2, -0.15) is 5.10 Å². The van der Waals surface area contributed by atoms with Crippen LogP contribution in [0.1, 0.15) is 57.1 Å². The van der Waals surface area contributed by atoms with E-state index in [-0.39, 0.29) is 6.04 Å². The number of aliphatic carboxylic acids is 1. The maximum absolute atomic E-state index is 11.3. The van der Waals surface area contributed by atoms with Gasteiger partial charge in [-0.05, 0) is 40.0 Å². The van der Waals surface area contributed by atoms with E-state index in [0.717, 1.165) is 23.5 Å². The van der Waals surface area contributed by atoms with E-state index in [1.165, 1.54) is 0 Å². The Hall–Kier alpha value is -1.36. The molecule has 0 spiro atoms. The van der Waals surface area contributed by atoms with Gasteiger partial charge in [-0.15, -0.1) is 0 Å². The highest BCUT2D eigenvalue weighted by Crippen LogP contribution is 2.22. The second kappa shape index (κ2) is 6.88. The molecule has 0 bridgehead atoms. The molecule has 0 amide bonds. The second-order valence-electron chi connectivity index (χ2n) is 5.81. The number of nitrogens with one attached hydrogen (secondary N) is 1. The Bertz CT molecular complexity index is 466.